The largest absolute Gasteiger partial charge is 0.347 e. The van der Waals surface area contributed by atoms with Gasteiger partial charge in [-0.15, -0.1) is 0 Å². The Bertz CT molecular complexity index is 1120. The summed E-state index contributed by atoms with van der Waals surface area (Å²) in [5.74, 6) is -0.680. The van der Waals surface area contributed by atoms with E-state index < -0.39 is 15.9 Å². The Morgan fingerprint density at radius 1 is 0.733 bits per heavy atom. The molecule has 30 heavy (non-hydrogen) atoms. The zero-order valence-corrected chi connectivity index (χ0v) is 16.9. The summed E-state index contributed by atoms with van der Waals surface area (Å²) in [6.45, 7) is -0.189. The number of amides is 2. The number of carbonyl (C=O) groups excluding carboxylic acids is 2. The van der Waals surface area contributed by atoms with Crippen molar-refractivity contribution in [3.63, 3.8) is 0 Å². The van der Waals surface area contributed by atoms with E-state index in [-0.39, 0.29) is 23.8 Å². The van der Waals surface area contributed by atoms with Crippen LogP contribution in [0.4, 0.5) is 11.4 Å². The summed E-state index contributed by atoms with van der Waals surface area (Å²) in [5, 5.41) is 5.20. The Morgan fingerprint density at radius 3 is 2.07 bits per heavy atom. The molecule has 3 N–H and O–H groups in total. The Morgan fingerprint density at radius 2 is 1.37 bits per heavy atom. The van der Waals surface area contributed by atoms with Crippen molar-refractivity contribution in [3.05, 3.63) is 90.5 Å². The van der Waals surface area contributed by atoms with E-state index in [4.69, 9.17) is 0 Å². The van der Waals surface area contributed by atoms with E-state index >= 15 is 0 Å². The van der Waals surface area contributed by atoms with Gasteiger partial charge < -0.3 is 10.6 Å². The highest BCUT2D eigenvalue weighted by Gasteiger charge is 2.14. The van der Waals surface area contributed by atoms with Gasteiger partial charge in [-0.05, 0) is 35.9 Å². The molecule has 0 aliphatic heterocycles. The monoisotopic (exact) mass is 423 g/mol. The van der Waals surface area contributed by atoms with Gasteiger partial charge in [0.25, 0.3) is 10.0 Å². The molecule has 7 nitrogen and oxygen atoms in total. The molecule has 3 rings (SSSR count). The summed E-state index contributed by atoms with van der Waals surface area (Å²) >= 11 is 0. The molecule has 0 aliphatic rings. The van der Waals surface area contributed by atoms with E-state index in [0.717, 1.165) is 5.56 Å². The summed E-state index contributed by atoms with van der Waals surface area (Å²) in [6, 6.07) is 23.5. The van der Waals surface area contributed by atoms with E-state index in [1.165, 1.54) is 18.2 Å². The van der Waals surface area contributed by atoms with Gasteiger partial charge in [0.05, 0.1) is 23.5 Å². The Labute approximate surface area is 175 Å². The normalized spacial score (nSPS) is 10.8. The minimum atomic E-state index is -3.73. The first-order chi connectivity index (χ1) is 14.4. The van der Waals surface area contributed by atoms with Crippen LogP contribution in [0.1, 0.15) is 5.56 Å². The first kappa shape index (κ1) is 21.1. The molecule has 0 fully saturated rings. The highest BCUT2D eigenvalue weighted by molar-refractivity contribution is 7.92. The van der Waals surface area contributed by atoms with Crippen molar-refractivity contribution in [1.29, 1.82) is 0 Å². The highest BCUT2D eigenvalue weighted by Crippen LogP contribution is 2.19. The maximum atomic E-state index is 12.4. The first-order valence-corrected chi connectivity index (χ1v) is 10.7. The second-order valence-electron chi connectivity index (χ2n) is 6.49. The number of hydrogen-bond donors (Lipinski definition) is 3. The number of rotatable bonds is 8. The minimum absolute atomic E-state index is 0.139. The predicted octanol–water partition coefficient (Wildman–Crippen LogP) is 2.78. The van der Waals surface area contributed by atoms with Crippen LogP contribution in [0.25, 0.3) is 0 Å². The Balaban J connectivity index is 1.54. The van der Waals surface area contributed by atoms with Crippen LogP contribution in [0, 0.1) is 0 Å². The van der Waals surface area contributed by atoms with Crippen LogP contribution < -0.4 is 15.4 Å². The third-order valence-electron chi connectivity index (χ3n) is 4.11. The summed E-state index contributed by atoms with van der Waals surface area (Å²) in [6.07, 6.45) is 0.185. The van der Waals surface area contributed by atoms with Crippen molar-refractivity contribution in [2.24, 2.45) is 0 Å². The van der Waals surface area contributed by atoms with Gasteiger partial charge in [-0.3, -0.25) is 14.3 Å². The standard InChI is InChI=1S/C22H21N3O4S/c26-21(14-17-8-3-1-4-9-17)23-16-22(27)24-18-10-7-11-19(15-18)25-30(28,29)20-12-5-2-6-13-20/h1-13,15,25H,14,16H2,(H,23,26)(H,24,27). The topological polar surface area (TPSA) is 104 Å². The summed E-state index contributed by atoms with van der Waals surface area (Å²) in [7, 11) is -3.73. The van der Waals surface area contributed by atoms with Gasteiger partial charge >= 0.3 is 0 Å². The second kappa shape index (κ2) is 9.71. The molecule has 0 atom stereocenters. The van der Waals surface area contributed by atoms with Crippen LogP contribution in [0.2, 0.25) is 0 Å². The Hall–Kier alpha value is -3.65. The molecule has 0 spiro atoms. The quantitative estimate of drug-likeness (QED) is 0.518. The van der Waals surface area contributed by atoms with E-state index in [1.54, 1.807) is 36.4 Å². The molecule has 0 saturated heterocycles. The van der Waals surface area contributed by atoms with Crippen LogP contribution in [0.5, 0.6) is 0 Å². The molecule has 0 saturated carbocycles. The number of hydrogen-bond acceptors (Lipinski definition) is 4. The molecule has 0 aliphatic carbocycles. The minimum Gasteiger partial charge on any atom is -0.347 e. The van der Waals surface area contributed by atoms with Gasteiger partial charge in [0.1, 0.15) is 0 Å². The van der Waals surface area contributed by atoms with Gasteiger partial charge in [0, 0.05) is 5.69 Å². The van der Waals surface area contributed by atoms with Crippen LogP contribution in [-0.2, 0) is 26.0 Å². The molecule has 0 heterocycles. The smallest absolute Gasteiger partial charge is 0.261 e. The zero-order valence-electron chi connectivity index (χ0n) is 16.0. The number of carbonyl (C=O) groups is 2. The van der Waals surface area contributed by atoms with Gasteiger partial charge in [0.2, 0.25) is 11.8 Å². The summed E-state index contributed by atoms with van der Waals surface area (Å²) in [4.78, 5) is 24.2. The molecule has 0 aromatic heterocycles. The average molecular weight is 423 g/mol. The molecular weight excluding hydrogens is 402 g/mol. The van der Waals surface area contributed by atoms with Gasteiger partial charge in [0.15, 0.2) is 0 Å². The fourth-order valence-electron chi connectivity index (χ4n) is 2.70. The molecule has 8 heteroatoms. The van der Waals surface area contributed by atoms with Crippen LogP contribution >= 0.6 is 0 Å². The summed E-state index contributed by atoms with van der Waals surface area (Å²) in [5.41, 5.74) is 1.57. The maximum Gasteiger partial charge on any atom is 0.261 e. The number of sulfonamides is 1. The lowest BCUT2D eigenvalue weighted by atomic mass is 10.1. The van der Waals surface area contributed by atoms with Gasteiger partial charge in [-0.1, -0.05) is 54.6 Å². The fraction of sp³-hybridized carbons (Fsp3) is 0.0909. The number of anilines is 2. The number of nitrogens with one attached hydrogen (secondary N) is 3. The molecule has 0 radical (unpaired) electrons. The third-order valence-corrected chi connectivity index (χ3v) is 5.50. The lowest BCUT2D eigenvalue weighted by Gasteiger charge is -2.11. The number of benzene rings is 3. The zero-order chi connectivity index (χ0) is 21.4. The van der Waals surface area contributed by atoms with Crippen LogP contribution in [0.3, 0.4) is 0 Å². The maximum absolute atomic E-state index is 12.4. The first-order valence-electron chi connectivity index (χ1n) is 9.21. The average Bonchev–Trinajstić information content (AvgIpc) is 2.74. The van der Waals surface area contributed by atoms with E-state index in [9.17, 15) is 18.0 Å². The van der Waals surface area contributed by atoms with Crippen molar-refractivity contribution in [2.75, 3.05) is 16.6 Å². The molecule has 3 aromatic carbocycles. The molecule has 0 unspecified atom stereocenters. The van der Waals surface area contributed by atoms with E-state index in [2.05, 4.69) is 15.4 Å². The molecule has 2 amide bonds. The Kier molecular flexibility index (Phi) is 6.82. The molecule has 154 valence electrons. The van der Waals surface area contributed by atoms with Crippen molar-refractivity contribution >= 4 is 33.2 Å². The lowest BCUT2D eigenvalue weighted by molar-refractivity contribution is -0.123. The molecular formula is C22H21N3O4S. The van der Waals surface area contributed by atoms with Gasteiger partial charge in [-0.2, -0.15) is 0 Å². The van der Waals surface area contributed by atoms with Gasteiger partial charge in [-0.25, -0.2) is 8.42 Å². The van der Waals surface area contributed by atoms with Crippen molar-refractivity contribution in [3.8, 4) is 0 Å². The van der Waals surface area contributed by atoms with Crippen molar-refractivity contribution in [1.82, 2.24) is 5.32 Å². The summed E-state index contributed by atoms with van der Waals surface area (Å²) < 4.78 is 27.3. The third kappa shape index (κ3) is 6.18. The van der Waals surface area contributed by atoms with Crippen molar-refractivity contribution < 1.29 is 18.0 Å². The highest BCUT2D eigenvalue weighted by atomic mass is 32.2. The fourth-order valence-corrected chi connectivity index (χ4v) is 3.77. The van der Waals surface area contributed by atoms with Crippen LogP contribution in [-0.4, -0.2) is 26.8 Å². The van der Waals surface area contributed by atoms with E-state index in [1.807, 2.05) is 30.3 Å². The van der Waals surface area contributed by atoms with E-state index in [0.29, 0.717) is 11.4 Å². The molecule has 3 aromatic rings. The lowest BCUT2D eigenvalue weighted by Crippen LogP contribution is -2.33. The second-order valence-corrected chi connectivity index (χ2v) is 8.17. The van der Waals surface area contributed by atoms with Crippen LogP contribution in [0.15, 0.2) is 89.8 Å². The molecule has 0 bridgehead atoms. The predicted molar refractivity (Wildman–Crippen MR) is 115 cm³/mol. The van der Waals surface area contributed by atoms with Crippen molar-refractivity contribution in [2.45, 2.75) is 11.3 Å². The SMILES string of the molecule is O=C(Cc1ccccc1)NCC(=O)Nc1cccc(NS(=O)(=O)c2ccccc2)c1.